The van der Waals surface area contributed by atoms with Crippen molar-refractivity contribution < 1.29 is 19.1 Å². The first kappa shape index (κ1) is 27.9. The highest BCUT2D eigenvalue weighted by Crippen LogP contribution is 2.31. The number of piperidine rings is 1. The van der Waals surface area contributed by atoms with Crippen molar-refractivity contribution in [3.05, 3.63) is 59.1 Å². The Balaban J connectivity index is 1.43. The molecule has 0 atom stereocenters. The molecule has 1 saturated heterocycles. The van der Waals surface area contributed by atoms with E-state index in [0.717, 1.165) is 31.9 Å². The van der Waals surface area contributed by atoms with E-state index in [9.17, 15) is 9.59 Å². The van der Waals surface area contributed by atoms with Gasteiger partial charge in [-0.3, -0.25) is 4.79 Å². The second-order valence-electron chi connectivity index (χ2n) is 10.9. The third-order valence-electron chi connectivity index (χ3n) is 6.44. The van der Waals surface area contributed by atoms with Gasteiger partial charge in [0, 0.05) is 55.6 Å². The van der Waals surface area contributed by atoms with E-state index in [1.165, 1.54) is 0 Å². The number of nitrogens with zero attached hydrogens (tertiary/aromatic N) is 2. The predicted molar refractivity (Wildman–Crippen MR) is 149 cm³/mol. The van der Waals surface area contributed by atoms with E-state index in [2.05, 4.69) is 20.9 Å². The van der Waals surface area contributed by atoms with Crippen LogP contribution in [0.1, 0.15) is 46.5 Å². The maximum Gasteiger partial charge on any atom is 0.410 e. The molecule has 0 aromatic carbocycles. The molecule has 2 fully saturated rings. The molecule has 0 aromatic rings. The first-order valence-electron chi connectivity index (χ1n) is 13.2. The first-order chi connectivity index (χ1) is 18.6. The van der Waals surface area contributed by atoms with Gasteiger partial charge in [-0.2, -0.15) is 0 Å². The van der Waals surface area contributed by atoms with Crippen molar-refractivity contribution in [1.82, 2.24) is 20.9 Å². The van der Waals surface area contributed by atoms with Gasteiger partial charge in [-0.25, -0.2) is 9.79 Å². The molecule has 208 valence electrons. The molecule has 0 aromatic heterocycles. The van der Waals surface area contributed by atoms with E-state index in [-0.39, 0.29) is 29.2 Å². The molecule has 2 aliphatic carbocycles. The quantitative estimate of drug-likeness (QED) is 0.238. The van der Waals surface area contributed by atoms with Gasteiger partial charge in [-0.05, 0) is 64.5 Å². The fourth-order valence-corrected chi connectivity index (χ4v) is 4.09. The average molecular weight is 536 g/mol. The van der Waals surface area contributed by atoms with Crippen LogP contribution in [0.3, 0.4) is 0 Å². The third kappa shape index (κ3) is 7.92. The molecule has 11 heteroatoms. The molecule has 0 spiro atoms. The number of allylic oxidation sites excluding steroid dienone is 4. The Labute approximate surface area is 228 Å². The lowest BCUT2D eigenvalue weighted by molar-refractivity contribution is -0.116. The second-order valence-corrected chi connectivity index (χ2v) is 10.9. The summed E-state index contributed by atoms with van der Waals surface area (Å²) in [7, 11) is 0. The molecular formula is C28H37N7O4. The highest BCUT2D eigenvalue weighted by molar-refractivity contribution is 6.14. The van der Waals surface area contributed by atoms with Crippen molar-refractivity contribution >= 4 is 30.1 Å². The van der Waals surface area contributed by atoms with Gasteiger partial charge in [0.25, 0.3) is 5.91 Å². The van der Waals surface area contributed by atoms with Crippen LogP contribution in [-0.2, 0) is 14.3 Å². The van der Waals surface area contributed by atoms with Crippen LogP contribution in [-0.4, -0.2) is 66.4 Å². The maximum absolute atomic E-state index is 13.1. The van der Waals surface area contributed by atoms with Gasteiger partial charge in [0.1, 0.15) is 17.2 Å². The zero-order valence-electron chi connectivity index (χ0n) is 22.7. The van der Waals surface area contributed by atoms with Gasteiger partial charge in [0.15, 0.2) is 0 Å². The third-order valence-corrected chi connectivity index (χ3v) is 6.44. The van der Waals surface area contributed by atoms with Gasteiger partial charge >= 0.3 is 6.09 Å². The fourth-order valence-electron chi connectivity index (χ4n) is 4.09. The molecule has 2 aliphatic heterocycles. The van der Waals surface area contributed by atoms with Crippen molar-refractivity contribution in [2.24, 2.45) is 10.9 Å². The predicted octanol–water partition coefficient (Wildman–Crippen LogP) is 3.25. The van der Waals surface area contributed by atoms with Crippen molar-refractivity contribution in [2.45, 2.75) is 58.1 Å². The van der Waals surface area contributed by atoms with Crippen LogP contribution in [0.4, 0.5) is 4.79 Å². The summed E-state index contributed by atoms with van der Waals surface area (Å²) in [6, 6.07) is 0.129. The van der Waals surface area contributed by atoms with Crippen LogP contribution < -0.4 is 16.0 Å². The molecular weight excluding hydrogens is 498 g/mol. The Morgan fingerprint density at radius 3 is 2.56 bits per heavy atom. The van der Waals surface area contributed by atoms with Gasteiger partial charge in [-0.15, -0.1) is 0 Å². The number of ether oxygens (including phenoxy) is 2. The molecule has 5 N–H and O–H groups in total. The zero-order valence-corrected chi connectivity index (χ0v) is 22.7. The molecule has 1 saturated carbocycles. The SMILES string of the molecule is CC(C)(C)OC(=O)N1CCC(N/C=C2/C=C(NC(=O)/C(C=N)=C3\N=CC=CN3)C(OCC3CC3)=CC2=N)CC1. The molecule has 4 aliphatic rings. The maximum atomic E-state index is 13.1. The lowest BCUT2D eigenvalue weighted by Gasteiger charge is -2.33. The zero-order chi connectivity index (χ0) is 28.0. The largest absolute Gasteiger partial charge is 0.491 e. The van der Waals surface area contributed by atoms with Crippen molar-refractivity contribution in [1.29, 1.82) is 10.8 Å². The van der Waals surface area contributed by atoms with E-state index in [0.29, 0.717) is 42.6 Å². The van der Waals surface area contributed by atoms with Crippen LogP contribution in [0.25, 0.3) is 0 Å². The lowest BCUT2D eigenvalue weighted by atomic mass is 10.0. The number of nitrogens with one attached hydrogen (secondary N) is 5. The summed E-state index contributed by atoms with van der Waals surface area (Å²) in [5, 5.41) is 25.4. The van der Waals surface area contributed by atoms with E-state index in [1.807, 2.05) is 20.8 Å². The van der Waals surface area contributed by atoms with Gasteiger partial charge in [-0.1, -0.05) is 0 Å². The summed E-state index contributed by atoms with van der Waals surface area (Å²) >= 11 is 0. The Morgan fingerprint density at radius 2 is 1.95 bits per heavy atom. The van der Waals surface area contributed by atoms with Crippen LogP contribution >= 0.6 is 0 Å². The van der Waals surface area contributed by atoms with E-state index in [1.54, 1.807) is 41.7 Å². The summed E-state index contributed by atoms with van der Waals surface area (Å²) in [5.74, 6) is 0.669. The molecule has 0 unspecified atom stereocenters. The summed E-state index contributed by atoms with van der Waals surface area (Å²) in [6.45, 7) is 7.24. The molecule has 2 amide bonds. The summed E-state index contributed by atoms with van der Waals surface area (Å²) < 4.78 is 11.4. The van der Waals surface area contributed by atoms with Crippen LogP contribution in [0.15, 0.2) is 64.0 Å². The second kappa shape index (κ2) is 12.1. The topological polar surface area (TPSA) is 152 Å². The number of rotatable bonds is 8. The number of aliphatic imine (C=N–C) groups is 1. The van der Waals surface area contributed by atoms with Crippen LogP contribution in [0.5, 0.6) is 0 Å². The van der Waals surface area contributed by atoms with Crippen molar-refractivity contribution in [3.63, 3.8) is 0 Å². The van der Waals surface area contributed by atoms with E-state index in [4.69, 9.17) is 20.3 Å². The molecule has 4 rings (SSSR count). The molecule has 2 heterocycles. The minimum atomic E-state index is -0.529. The fraction of sp³-hybridized carbons (Fsp3) is 0.464. The van der Waals surface area contributed by atoms with Crippen LogP contribution in [0.2, 0.25) is 0 Å². The Morgan fingerprint density at radius 1 is 1.21 bits per heavy atom. The highest BCUT2D eigenvalue weighted by Gasteiger charge is 2.28. The number of hydrogen-bond donors (Lipinski definition) is 5. The molecule has 39 heavy (non-hydrogen) atoms. The number of carbonyl (C=O) groups excluding carboxylic acids is 2. The number of carbonyl (C=O) groups is 2. The minimum absolute atomic E-state index is 0.0686. The van der Waals surface area contributed by atoms with E-state index < -0.39 is 11.5 Å². The normalized spacial score (nSPS) is 22.0. The van der Waals surface area contributed by atoms with Gasteiger partial charge in [0.05, 0.1) is 23.6 Å². The first-order valence-corrected chi connectivity index (χ1v) is 13.2. The molecule has 0 bridgehead atoms. The van der Waals surface area contributed by atoms with Crippen molar-refractivity contribution in [3.8, 4) is 0 Å². The Hall–Kier alpha value is -4.15. The highest BCUT2D eigenvalue weighted by atomic mass is 16.6. The van der Waals surface area contributed by atoms with Crippen molar-refractivity contribution in [2.75, 3.05) is 19.7 Å². The monoisotopic (exact) mass is 535 g/mol. The molecule has 0 radical (unpaired) electrons. The molecule has 11 nitrogen and oxygen atoms in total. The van der Waals surface area contributed by atoms with Gasteiger partial charge < -0.3 is 41.1 Å². The Kier molecular flexibility index (Phi) is 8.68. The number of likely N-dealkylation sites (tertiary alicyclic amines) is 1. The minimum Gasteiger partial charge on any atom is -0.491 e. The number of amides is 2. The average Bonchev–Trinajstić information content (AvgIpc) is 3.73. The summed E-state index contributed by atoms with van der Waals surface area (Å²) in [6.07, 6.45) is 14.3. The summed E-state index contributed by atoms with van der Waals surface area (Å²) in [4.78, 5) is 31.3. The lowest BCUT2D eigenvalue weighted by Crippen LogP contribution is -2.45. The standard InChI is InChI=1S/C28H37N7O4/c1-28(2,3)39-27(37)35-11-7-20(8-12-35)33-16-19-13-23(24(14-22(19)30)38-17-18-5-6-18)34-26(36)21(15-29)25-31-9-4-10-32-25/h4,9-10,13-16,18,20,29-31,33H,5-8,11-12,17H2,1-3H3,(H,34,36)/b19-16-,25-21-,29-15?,30-22?. The number of hydrogen-bond acceptors (Lipinski definition) is 9. The van der Waals surface area contributed by atoms with Crippen LogP contribution in [0, 0.1) is 16.7 Å². The van der Waals surface area contributed by atoms with E-state index >= 15 is 0 Å². The summed E-state index contributed by atoms with van der Waals surface area (Å²) in [5.41, 5.74) is 0.796. The smallest absolute Gasteiger partial charge is 0.410 e. The Bertz CT molecular complexity index is 1190. The van der Waals surface area contributed by atoms with Gasteiger partial charge in [0.2, 0.25) is 0 Å².